The number of halogens is 2. The molecule has 0 amide bonds. The molecule has 0 saturated heterocycles. The fraction of sp³-hybridized carbons (Fsp3) is 0. The molecule has 0 spiro atoms. The summed E-state index contributed by atoms with van der Waals surface area (Å²) in [6.07, 6.45) is 0. The van der Waals surface area contributed by atoms with Crippen LogP contribution in [0.25, 0.3) is 5.69 Å². The van der Waals surface area contributed by atoms with E-state index < -0.39 is 22.9 Å². The van der Waals surface area contributed by atoms with Crippen molar-refractivity contribution in [2.75, 3.05) is 0 Å². The van der Waals surface area contributed by atoms with Crippen LogP contribution in [0.4, 0.5) is 0 Å². The number of H-pyrrole nitrogens is 1. The van der Waals surface area contributed by atoms with E-state index in [2.05, 4.69) is 4.98 Å². The van der Waals surface area contributed by atoms with Gasteiger partial charge < -0.3 is 10.1 Å². The molecule has 6 nitrogen and oxygen atoms in total. The predicted molar refractivity (Wildman–Crippen MR) is 69.6 cm³/mol. The van der Waals surface area contributed by atoms with Crippen LogP contribution in [-0.2, 0) is 0 Å². The number of hydrogen-bond acceptors (Lipinski definition) is 3. The number of nitrogens with one attached hydrogen (secondary N) is 1. The Kier molecular flexibility index (Phi) is 3.46. The summed E-state index contributed by atoms with van der Waals surface area (Å²) in [5.41, 5.74) is -1.94. The first kappa shape index (κ1) is 13.4. The van der Waals surface area contributed by atoms with E-state index in [1.807, 2.05) is 0 Å². The fourth-order valence-electron chi connectivity index (χ4n) is 1.48. The average molecular weight is 301 g/mol. The van der Waals surface area contributed by atoms with Crippen LogP contribution in [-0.4, -0.2) is 20.6 Å². The summed E-state index contributed by atoms with van der Waals surface area (Å²) >= 11 is 11.5. The summed E-state index contributed by atoms with van der Waals surface area (Å²) in [4.78, 5) is 36.3. The molecule has 0 fully saturated rings. The second-order valence-corrected chi connectivity index (χ2v) is 4.38. The Morgan fingerprint density at radius 2 is 1.84 bits per heavy atom. The normalized spacial score (nSPS) is 10.4. The molecule has 2 rings (SSSR count). The minimum absolute atomic E-state index is 0.174. The second-order valence-electron chi connectivity index (χ2n) is 3.57. The van der Waals surface area contributed by atoms with Crippen molar-refractivity contribution >= 4 is 29.2 Å². The molecule has 1 aromatic carbocycles. The number of nitrogens with zero attached hydrogens (tertiary/aromatic N) is 1. The van der Waals surface area contributed by atoms with Crippen LogP contribution in [0, 0.1) is 0 Å². The monoisotopic (exact) mass is 300 g/mol. The zero-order valence-electron chi connectivity index (χ0n) is 9.18. The number of aromatic carboxylic acids is 1. The molecule has 0 aliphatic rings. The third-order valence-electron chi connectivity index (χ3n) is 2.32. The third kappa shape index (κ3) is 2.54. The highest BCUT2D eigenvalue weighted by Crippen LogP contribution is 2.23. The lowest BCUT2D eigenvalue weighted by molar-refractivity contribution is 0.0689. The number of carbonyl (C=O) groups is 1. The topological polar surface area (TPSA) is 92.2 Å². The molecule has 19 heavy (non-hydrogen) atoms. The lowest BCUT2D eigenvalue weighted by Gasteiger charge is -2.06. The quantitative estimate of drug-likeness (QED) is 0.880. The van der Waals surface area contributed by atoms with Crippen LogP contribution in [0.3, 0.4) is 0 Å². The van der Waals surface area contributed by atoms with Crippen LogP contribution < -0.4 is 11.2 Å². The van der Waals surface area contributed by atoms with Gasteiger partial charge in [-0.05, 0) is 18.2 Å². The van der Waals surface area contributed by atoms with Crippen molar-refractivity contribution in [2.24, 2.45) is 0 Å². The van der Waals surface area contributed by atoms with E-state index in [-0.39, 0.29) is 15.7 Å². The molecule has 2 N–H and O–H groups in total. The first-order valence-corrected chi connectivity index (χ1v) is 5.71. The van der Waals surface area contributed by atoms with Crippen LogP contribution in [0.15, 0.2) is 33.9 Å². The van der Waals surface area contributed by atoms with Crippen LogP contribution in [0.1, 0.15) is 10.5 Å². The van der Waals surface area contributed by atoms with Crippen LogP contribution in [0.5, 0.6) is 0 Å². The molecule has 0 bridgehead atoms. The van der Waals surface area contributed by atoms with E-state index in [0.717, 1.165) is 10.6 Å². The Morgan fingerprint density at radius 3 is 2.37 bits per heavy atom. The Bertz CT molecular complexity index is 748. The maximum atomic E-state index is 11.8. The van der Waals surface area contributed by atoms with Crippen LogP contribution in [0.2, 0.25) is 10.0 Å². The predicted octanol–water partition coefficient (Wildman–Crippen LogP) is 1.53. The Morgan fingerprint density at radius 1 is 1.16 bits per heavy atom. The van der Waals surface area contributed by atoms with Crippen molar-refractivity contribution in [2.45, 2.75) is 0 Å². The molecule has 1 heterocycles. The lowest BCUT2D eigenvalue weighted by atomic mass is 10.3. The Labute approximate surface area is 115 Å². The number of carboxylic acids is 1. The maximum Gasteiger partial charge on any atom is 0.352 e. The lowest BCUT2D eigenvalue weighted by Crippen LogP contribution is -2.35. The van der Waals surface area contributed by atoms with E-state index in [1.165, 1.54) is 18.2 Å². The molecule has 0 saturated carbocycles. The van der Waals surface area contributed by atoms with Gasteiger partial charge in [-0.3, -0.25) is 4.79 Å². The van der Waals surface area contributed by atoms with Gasteiger partial charge in [-0.1, -0.05) is 23.2 Å². The molecule has 0 aliphatic carbocycles. The molecule has 8 heteroatoms. The summed E-state index contributed by atoms with van der Waals surface area (Å²) in [6, 6.07) is 4.99. The summed E-state index contributed by atoms with van der Waals surface area (Å²) < 4.78 is 0.759. The fourth-order valence-corrected chi connectivity index (χ4v) is 1.77. The van der Waals surface area contributed by atoms with Gasteiger partial charge in [0.15, 0.2) is 0 Å². The summed E-state index contributed by atoms with van der Waals surface area (Å²) in [5.74, 6) is -1.39. The van der Waals surface area contributed by atoms with Gasteiger partial charge in [-0.2, -0.15) is 0 Å². The summed E-state index contributed by atoms with van der Waals surface area (Å²) in [7, 11) is 0. The van der Waals surface area contributed by atoms with Gasteiger partial charge in [0.1, 0.15) is 5.69 Å². The van der Waals surface area contributed by atoms with Crippen molar-refractivity contribution in [3.63, 3.8) is 0 Å². The SMILES string of the molecule is O=C(O)c1cc(=O)n(-c2ccc(Cl)c(Cl)c2)c(=O)[nH]1. The van der Waals surface area contributed by atoms with Crippen molar-refractivity contribution in [1.29, 1.82) is 0 Å². The maximum absolute atomic E-state index is 11.8. The smallest absolute Gasteiger partial charge is 0.352 e. The van der Waals surface area contributed by atoms with Gasteiger partial charge in [0, 0.05) is 6.07 Å². The number of rotatable bonds is 2. The van der Waals surface area contributed by atoms with Gasteiger partial charge in [0.25, 0.3) is 5.56 Å². The average Bonchev–Trinajstić information content (AvgIpc) is 2.32. The first-order valence-electron chi connectivity index (χ1n) is 4.95. The van der Waals surface area contributed by atoms with E-state index >= 15 is 0 Å². The number of aromatic amines is 1. The van der Waals surface area contributed by atoms with Gasteiger partial charge in [-0.15, -0.1) is 0 Å². The number of carboxylic acid groups (broad SMARTS) is 1. The molecule has 0 radical (unpaired) electrons. The molecular formula is C11H6Cl2N2O4. The zero-order valence-corrected chi connectivity index (χ0v) is 10.7. The van der Waals surface area contributed by atoms with Crippen molar-refractivity contribution in [1.82, 2.24) is 9.55 Å². The van der Waals surface area contributed by atoms with Gasteiger partial charge in [0.05, 0.1) is 15.7 Å². The number of aromatic nitrogens is 2. The highest BCUT2D eigenvalue weighted by atomic mass is 35.5. The molecule has 0 unspecified atom stereocenters. The minimum Gasteiger partial charge on any atom is -0.477 e. The highest BCUT2D eigenvalue weighted by Gasteiger charge is 2.11. The highest BCUT2D eigenvalue weighted by molar-refractivity contribution is 6.42. The second kappa shape index (κ2) is 4.91. The molecule has 98 valence electrons. The summed E-state index contributed by atoms with van der Waals surface area (Å²) in [5, 5.41) is 9.17. The Hall–Kier alpha value is -2.05. The van der Waals surface area contributed by atoms with E-state index in [9.17, 15) is 14.4 Å². The number of benzene rings is 1. The van der Waals surface area contributed by atoms with Crippen molar-refractivity contribution in [3.8, 4) is 5.69 Å². The van der Waals surface area contributed by atoms with E-state index in [0.29, 0.717) is 0 Å². The largest absolute Gasteiger partial charge is 0.477 e. The van der Waals surface area contributed by atoms with Crippen molar-refractivity contribution in [3.05, 3.63) is 60.8 Å². The first-order chi connectivity index (χ1) is 8.90. The van der Waals surface area contributed by atoms with Crippen molar-refractivity contribution < 1.29 is 9.90 Å². The van der Waals surface area contributed by atoms with Gasteiger partial charge in [-0.25, -0.2) is 14.2 Å². The number of hydrogen-bond donors (Lipinski definition) is 2. The standard InChI is InChI=1S/C11H6Cl2N2O4/c12-6-2-1-5(3-7(6)13)15-9(16)4-8(10(17)18)14-11(15)19/h1-4H,(H,14,19)(H,17,18). The van der Waals surface area contributed by atoms with Crippen LogP contribution >= 0.6 is 23.2 Å². The minimum atomic E-state index is -1.39. The molecule has 1 aromatic heterocycles. The zero-order chi connectivity index (χ0) is 14.2. The van der Waals surface area contributed by atoms with E-state index in [4.69, 9.17) is 28.3 Å². The van der Waals surface area contributed by atoms with E-state index in [1.54, 1.807) is 0 Å². The molecule has 0 aliphatic heterocycles. The van der Waals surface area contributed by atoms with Gasteiger partial charge >= 0.3 is 11.7 Å². The third-order valence-corrected chi connectivity index (χ3v) is 3.06. The Balaban J connectivity index is 2.70. The molecule has 0 atom stereocenters. The molecular weight excluding hydrogens is 295 g/mol. The van der Waals surface area contributed by atoms with Gasteiger partial charge in [0.2, 0.25) is 0 Å². The summed E-state index contributed by atoms with van der Waals surface area (Å²) in [6.45, 7) is 0. The molecule has 2 aromatic rings.